The molecule has 0 unspecified atom stereocenters. The predicted octanol–water partition coefficient (Wildman–Crippen LogP) is 5.11. The van der Waals surface area contributed by atoms with Crippen LogP contribution in [0.1, 0.15) is 101 Å². The average Bonchev–Trinajstić information content (AvgIpc) is 3.66. The van der Waals surface area contributed by atoms with Gasteiger partial charge in [-0.2, -0.15) is 0 Å². The van der Waals surface area contributed by atoms with Gasteiger partial charge in [0, 0.05) is 44.4 Å². The fraction of sp³-hybridized carbons (Fsp3) is 0.316. The monoisotopic (exact) mass is 571 g/mol. The molecule has 5 aromatic rings. The van der Waals surface area contributed by atoms with E-state index in [1.807, 2.05) is 12.1 Å². The summed E-state index contributed by atoms with van der Waals surface area (Å²) in [6, 6.07) is 8.30. The van der Waals surface area contributed by atoms with Gasteiger partial charge in [-0.3, -0.25) is 0 Å². The average molecular weight is 572 g/mol. The van der Waals surface area contributed by atoms with Crippen LogP contribution in [0, 0.1) is 27.7 Å². The Morgan fingerprint density at radius 3 is 1.70 bits per heavy atom. The number of hydrogen-bond acceptors (Lipinski definition) is 1. The van der Waals surface area contributed by atoms with E-state index in [1.54, 1.807) is 0 Å². The van der Waals surface area contributed by atoms with Gasteiger partial charge in [0.25, 0.3) is 0 Å². The van der Waals surface area contributed by atoms with Crippen molar-refractivity contribution in [2.24, 2.45) is 0 Å². The van der Waals surface area contributed by atoms with Gasteiger partial charge in [0.2, 0.25) is 0 Å². The summed E-state index contributed by atoms with van der Waals surface area (Å²) in [5, 5.41) is 4.65. The number of benzene rings is 1. The van der Waals surface area contributed by atoms with E-state index in [1.165, 1.54) is 61.1 Å². The van der Waals surface area contributed by atoms with Gasteiger partial charge in [0.1, 0.15) is 0 Å². The molecule has 0 amide bonds. The molecular formula is C38H45N5. The molecule has 43 heavy (non-hydrogen) atoms. The Labute approximate surface area is 254 Å². The van der Waals surface area contributed by atoms with Crippen molar-refractivity contribution in [3.05, 3.63) is 119 Å². The highest BCUT2D eigenvalue weighted by atomic mass is 14.8. The summed E-state index contributed by atoms with van der Waals surface area (Å²) in [6.07, 6.45) is 10.8. The third-order valence-electron chi connectivity index (χ3n) is 9.71. The van der Waals surface area contributed by atoms with Crippen molar-refractivity contribution in [3.8, 4) is 0 Å². The number of nitrogens with two attached hydrogens (primary N) is 1. The second-order valence-electron chi connectivity index (χ2n) is 12.0. The lowest BCUT2D eigenvalue weighted by Crippen LogP contribution is -2.17. The van der Waals surface area contributed by atoms with Gasteiger partial charge in [0.15, 0.2) is 0 Å². The molecule has 4 aromatic heterocycles. The molecule has 222 valence electrons. The molecule has 1 aliphatic heterocycles. The van der Waals surface area contributed by atoms with Gasteiger partial charge in [-0.15, -0.1) is 0 Å². The first-order valence-corrected chi connectivity index (χ1v) is 15.8. The molecule has 0 saturated carbocycles. The maximum Gasteiger partial charge on any atom is 0.0518 e. The molecule has 0 saturated heterocycles. The van der Waals surface area contributed by atoms with E-state index in [0.717, 1.165) is 70.1 Å². The highest BCUT2D eigenvalue weighted by Gasteiger charge is 2.20. The van der Waals surface area contributed by atoms with Crippen molar-refractivity contribution in [1.82, 2.24) is 19.9 Å². The first-order chi connectivity index (χ1) is 20.7. The Balaban J connectivity index is 1.85. The quantitative estimate of drug-likeness (QED) is 0.183. The molecule has 5 heterocycles. The molecule has 0 fully saturated rings. The molecule has 0 radical (unpaired) electrons. The lowest BCUT2D eigenvalue weighted by molar-refractivity contribution is 1.09. The number of nitrogens with one attached hydrogen (secondary N) is 4. The van der Waals surface area contributed by atoms with Gasteiger partial charge in [-0.25, -0.2) is 0 Å². The summed E-state index contributed by atoms with van der Waals surface area (Å²) in [6.45, 7) is 18.0. The molecule has 6 N–H and O–H groups in total. The summed E-state index contributed by atoms with van der Waals surface area (Å²) >= 11 is 0. The zero-order chi connectivity index (χ0) is 30.6. The SMILES string of the molecule is CCc1c2[nH]c(c1C)C=c1[nH]c(c(C)c1CC)=C(c1ccc(N)cc1)c1[nH]c(c(CC)c1C)C=c1[nH]c(c(CC)c1C)=C2. The summed E-state index contributed by atoms with van der Waals surface area (Å²) in [4.78, 5) is 15.4. The molecular weight excluding hydrogens is 526 g/mol. The van der Waals surface area contributed by atoms with Gasteiger partial charge in [-0.05, 0) is 134 Å². The number of nitrogen functional groups attached to an aromatic ring is 1. The fourth-order valence-corrected chi connectivity index (χ4v) is 7.27. The predicted molar refractivity (Wildman–Crippen MR) is 181 cm³/mol. The summed E-state index contributed by atoms with van der Waals surface area (Å²) in [5.41, 5.74) is 24.5. The molecule has 1 aliphatic rings. The molecule has 0 atom stereocenters. The number of aromatic amines is 4. The van der Waals surface area contributed by atoms with Crippen LogP contribution in [0.4, 0.5) is 5.69 Å². The Morgan fingerprint density at radius 1 is 0.512 bits per heavy atom. The van der Waals surface area contributed by atoms with E-state index in [9.17, 15) is 0 Å². The Morgan fingerprint density at radius 2 is 1.05 bits per heavy atom. The van der Waals surface area contributed by atoms with E-state index >= 15 is 0 Å². The lowest BCUT2D eigenvalue weighted by atomic mass is 9.96. The minimum atomic E-state index is 0.766. The van der Waals surface area contributed by atoms with Crippen molar-refractivity contribution in [1.29, 1.82) is 0 Å². The van der Waals surface area contributed by atoms with Crippen LogP contribution in [0.2, 0.25) is 0 Å². The number of aromatic nitrogens is 4. The third kappa shape index (κ3) is 4.62. The van der Waals surface area contributed by atoms with Gasteiger partial charge < -0.3 is 25.7 Å². The highest BCUT2D eigenvalue weighted by Crippen LogP contribution is 2.29. The van der Waals surface area contributed by atoms with Crippen molar-refractivity contribution >= 4 is 29.5 Å². The highest BCUT2D eigenvalue weighted by molar-refractivity contribution is 5.82. The van der Waals surface area contributed by atoms with Crippen molar-refractivity contribution in [3.63, 3.8) is 0 Å². The summed E-state index contributed by atoms with van der Waals surface area (Å²) < 4.78 is 0. The fourth-order valence-electron chi connectivity index (χ4n) is 7.27. The first-order valence-electron chi connectivity index (χ1n) is 15.8. The largest absolute Gasteiger partial charge is 0.399 e. The van der Waals surface area contributed by atoms with Crippen LogP contribution in [0.3, 0.4) is 0 Å². The summed E-state index contributed by atoms with van der Waals surface area (Å²) in [7, 11) is 0. The van der Waals surface area contributed by atoms with E-state index < -0.39 is 0 Å². The number of H-pyrrole nitrogens is 4. The zero-order valence-electron chi connectivity index (χ0n) is 26.9. The maximum absolute atomic E-state index is 6.16. The number of rotatable bonds is 5. The van der Waals surface area contributed by atoms with Crippen LogP contribution in [0.15, 0.2) is 24.3 Å². The number of anilines is 1. The molecule has 0 aliphatic carbocycles. The van der Waals surface area contributed by atoms with Crippen LogP contribution >= 0.6 is 0 Å². The first kappa shape index (κ1) is 28.7. The van der Waals surface area contributed by atoms with Crippen LogP contribution in [-0.2, 0) is 25.7 Å². The molecule has 5 nitrogen and oxygen atoms in total. The van der Waals surface area contributed by atoms with E-state index in [0.29, 0.717) is 0 Å². The summed E-state index contributed by atoms with van der Waals surface area (Å²) in [5.74, 6) is 0. The molecule has 6 rings (SSSR count). The lowest BCUT2D eigenvalue weighted by Gasteiger charge is -2.10. The maximum atomic E-state index is 6.16. The van der Waals surface area contributed by atoms with Gasteiger partial charge in [-0.1, -0.05) is 39.8 Å². The topological polar surface area (TPSA) is 89.2 Å². The molecule has 8 bridgehead atoms. The van der Waals surface area contributed by atoms with Crippen molar-refractivity contribution in [2.45, 2.75) is 81.1 Å². The second kappa shape index (κ2) is 11.0. The number of fused-ring (bicyclic) bond motifs is 8. The van der Waals surface area contributed by atoms with E-state index in [2.05, 4.69) is 106 Å². The zero-order valence-corrected chi connectivity index (χ0v) is 26.9. The van der Waals surface area contributed by atoms with E-state index in [-0.39, 0.29) is 0 Å². The van der Waals surface area contributed by atoms with Gasteiger partial charge >= 0.3 is 0 Å². The number of hydrogen-bond donors (Lipinski definition) is 5. The normalized spacial score (nSPS) is 12.7. The van der Waals surface area contributed by atoms with Gasteiger partial charge in [0.05, 0.1) is 11.0 Å². The van der Waals surface area contributed by atoms with Crippen LogP contribution < -0.4 is 27.1 Å². The van der Waals surface area contributed by atoms with Crippen LogP contribution in [0.5, 0.6) is 0 Å². The second-order valence-corrected chi connectivity index (χ2v) is 12.0. The van der Waals surface area contributed by atoms with Crippen LogP contribution in [0.25, 0.3) is 23.8 Å². The van der Waals surface area contributed by atoms with Crippen molar-refractivity contribution in [2.75, 3.05) is 5.73 Å². The minimum absolute atomic E-state index is 0.766. The molecule has 5 heteroatoms. The smallest absolute Gasteiger partial charge is 0.0518 e. The third-order valence-corrected chi connectivity index (χ3v) is 9.71. The van der Waals surface area contributed by atoms with E-state index in [4.69, 9.17) is 5.73 Å². The Kier molecular flexibility index (Phi) is 7.37. The molecule has 0 spiro atoms. The Bertz CT molecular complexity index is 2100. The van der Waals surface area contributed by atoms with Crippen LogP contribution in [-0.4, -0.2) is 19.9 Å². The Hall–Kier alpha value is -4.38. The van der Waals surface area contributed by atoms with Crippen molar-refractivity contribution < 1.29 is 0 Å². The molecule has 1 aromatic carbocycles. The standard InChI is InChI=1S/C38H45N5/c1-9-26-20(5)30-17-34-28(11-3)22(7)37(42-34)36(24-13-15-25(39)16-14-24)38-23(8)29(12-4)35(43-38)18-31-21(6)27(10-2)33(41-31)19-32(26)40-30/h13-19,40-43H,9-12,39H2,1-8H3. The minimum Gasteiger partial charge on any atom is -0.399 e.